The Kier molecular flexibility index (Phi) is 4.59. The summed E-state index contributed by atoms with van der Waals surface area (Å²) in [4.78, 5) is 37.8. The van der Waals surface area contributed by atoms with Gasteiger partial charge < -0.3 is 15.2 Å². The molecule has 3 rings (SSSR count). The summed E-state index contributed by atoms with van der Waals surface area (Å²) in [6, 6.07) is 3.39. The highest BCUT2D eigenvalue weighted by Crippen LogP contribution is 2.15. The number of amides is 1. The van der Waals surface area contributed by atoms with Crippen molar-refractivity contribution in [2.75, 3.05) is 18.0 Å². The molecule has 7 heteroatoms. The Morgan fingerprint density at radius 1 is 1.33 bits per heavy atom. The smallest absolute Gasteiger partial charge is 0.261 e. The standard InChI is InChI=1S/C17H21N5O2/c1-11-9-14(15(23)20-12(11)2)16(24)21-13-5-3-8-22(10-13)17-18-6-4-7-19-17/h4,6-7,9,13H,3,5,8,10H2,1-2H3,(H,20,23)(H,21,24)/t13-/m1/s1. The highest BCUT2D eigenvalue weighted by atomic mass is 16.2. The molecule has 7 nitrogen and oxygen atoms in total. The number of hydrogen-bond donors (Lipinski definition) is 2. The lowest BCUT2D eigenvalue weighted by Crippen LogP contribution is -2.49. The SMILES string of the molecule is Cc1cc(C(=O)N[C@@H]2CCCN(c3ncccn3)C2)c(=O)[nH]c1C. The van der Waals surface area contributed by atoms with E-state index in [1.54, 1.807) is 24.5 Å². The quantitative estimate of drug-likeness (QED) is 0.883. The Morgan fingerprint density at radius 3 is 2.83 bits per heavy atom. The van der Waals surface area contributed by atoms with E-state index in [2.05, 4.69) is 25.2 Å². The molecule has 24 heavy (non-hydrogen) atoms. The van der Waals surface area contributed by atoms with Gasteiger partial charge in [0.25, 0.3) is 11.5 Å². The van der Waals surface area contributed by atoms with Crippen LogP contribution in [0.3, 0.4) is 0 Å². The van der Waals surface area contributed by atoms with Crippen molar-refractivity contribution < 1.29 is 4.79 Å². The molecule has 1 fully saturated rings. The summed E-state index contributed by atoms with van der Waals surface area (Å²) in [5.74, 6) is 0.334. The van der Waals surface area contributed by atoms with Gasteiger partial charge in [0.15, 0.2) is 0 Å². The minimum atomic E-state index is -0.352. The number of aromatic nitrogens is 3. The monoisotopic (exact) mass is 327 g/mol. The Bertz CT molecular complexity index is 787. The van der Waals surface area contributed by atoms with Crippen LogP contribution in [0.1, 0.15) is 34.5 Å². The minimum absolute atomic E-state index is 0.0314. The van der Waals surface area contributed by atoms with Crippen molar-refractivity contribution in [3.63, 3.8) is 0 Å². The van der Waals surface area contributed by atoms with Gasteiger partial charge in [0.1, 0.15) is 5.56 Å². The summed E-state index contributed by atoms with van der Waals surface area (Å²) in [7, 11) is 0. The van der Waals surface area contributed by atoms with Crippen molar-refractivity contribution in [2.45, 2.75) is 32.7 Å². The van der Waals surface area contributed by atoms with E-state index in [-0.39, 0.29) is 23.1 Å². The fourth-order valence-electron chi connectivity index (χ4n) is 2.89. The minimum Gasteiger partial charge on any atom is -0.347 e. The third kappa shape index (κ3) is 3.45. The van der Waals surface area contributed by atoms with Gasteiger partial charge in [-0.15, -0.1) is 0 Å². The van der Waals surface area contributed by atoms with Gasteiger partial charge in [-0.3, -0.25) is 9.59 Å². The molecule has 1 aliphatic rings. The molecule has 1 aliphatic heterocycles. The topological polar surface area (TPSA) is 91.0 Å². The van der Waals surface area contributed by atoms with Crippen LogP contribution in [-0.2, 0) is 0 Å². The van der Waals surface area contributed by atoms with Crippen LogP contribution in [0.5, 0.6) is 0 Å². The Hall–Kier alpha value is -2.70. The van der Waals surface area contributed by atoms with Crippen molar-refractivity contribution in [3.8, 4) is 0 Å². The molecule has 2 N–H and O–H groups in total. The zero-order valence-electron chi connectivity index (χ0n) is 13.9. The van der Waals surface area contributed by atoms with Gasteiger partial charge in [0.2, 0.25) is 5.95 Å². The average Bonchev–Trinajstić information content (AvgIpc) is 2.59. The van der Waals surface area contributed by atoms with E-state index in [4.69, 9.17) is 0 Å². The molecule has 0 aliphatic carbocycles. The highest BCUT2D eigenvalue weighted by molar-refractivity contribution is 5.94. The van der Waals surface area contributed by atoms with Gasteiger partial charge in [-0.25, -0.2) is 9.97 Å². The maximum absolute atomic E-state index is 12.5. The van der Waals surface area contributed by atoms with E-state index in [0.717, 1.165) is 30.6 Å². The third-order valence-electron chi connectivity index (χ3n) is 4.33. The second-order valence-electron chi connectivity index (χ2n) is 6.13. The molecule has 0 spiro atoms. The number of aryl methyl sites for hydroxylation is 2. The maximum Gasteiger partial charge on any atom is 0.261 e. The van der Waals surface area contributed by atoms with Crippen molar-refractivity contribution in [3.05, 3.63) is 51.7 Å². The Morgan fingerprint density at radius 2 is 2.08 bits per heavy atom. The molecule has 0 unspecified atom stereocenters. The number of H-pyrrole nitrogens is 1. The van der Waals surface area contributed by atoms with Crippen LogP contribution in [0.2, 0.25) is 0 Å². The first kappa shape index (κ1) is 16.2. The third-order valence-corrected chi connectivity index (χ3v) is 4.33. The average molecular weight is 327 g/mol. The summed E-state index contributed by atoms with van der Waals surface area (Å²) >= 11 is 0. The van der Waals surface area contributed by atoms with Gasteiger partial charge in [0, 0.05) is 37.2 Å². The molecule has 0 saturated carbocycles. The number of rotatable bonds is 3. The van der Waals surface area contributed by atoms with Gasteiger partial charge in [-0.1, -0.05) is 0 Å². The van der Waals surface area contributed by atoms with Crippen LogP contribution in [0.15, 0.2) is 29.3 Å². The van der Waals surface area contributed by atoms with Crippen LogP contribution < -0.4 is 15.8 Å². The van der Waals surface area contributed by atoms with E-state index in [0.29, 0.717) is 12.5 Å². The first-order valence-electron chi connectivity index (χ1n) is 8.08. The molecular formula is C17H21N5O2. The summed E-state index contributed by atoms with van der Waals surface area (Å²) < 4.78 is 0. The molecule has 2 aromatic rings. The van der Waals surface area contributed by atoms with E-state index >= 15 is 0 Å². The number of anilines is 1. The van der Waals surface area contributed by atoms with Gasteiger partial charge in [0.05, 0.1) is 0 Å². The zero-order valence-corrected chi connectivity index (χ0v) is 13.9. The molecule has 0 aromatic carbocycles. The van der Waals surface area contributed by atoms with Gasteiger partial charge in [-0.05, 0) is 44.4 Å². The lowest BCUT2D eigenvalue weighted by atomic mass is 10.1. The summed E-state index contributed by atoms with van der Waals surface area (Å²) in [5, 5.41) is 2.97. The second kappa shape index (κ2) is 6.82. The van der Waals surface area contributed by atoms with E-state index in [1.165, 1.54) is 0 Å². The summed E-state index contributed by atoms with van der Waals surface area (Å²) in [6.07, 6.45) is 5.22. The lowest BCUT2D eigenvalue weighted by Gasteiger charge is -2.33. The first-order valence-corrected chi connectivity index (χ1v) is 8.08. The van der Waals surface area contributed by atoms with Crippen molar-refractivity contribution in [1.29, 1.82) is 0 Å². The van der Waals surface area contributed by atoms with Gasteiger partial charge in [-0.2, -0.15) is 0 Å². The normalized spacial score (nSPS) is 17.6. The van der Waals surface area contributed by atoms with E-state index < -0.39 is 0 Å². The predicted octanol–water partition coefficient (Wildman–Crippen LogP) is 1.18. The summed E-state index contributed by atoms with van der Waals surface area (Å²) in [6.45, 7) is 5.19. The molecule has 1 saturated heterocycles. The summed E-state index contributed by atoms with van der Waals surface area (Å²) in [5.41, 5.74) is 1.48. The molecule has 1 atom stereocenters. The molecule has 1 amide bonds. The number of aromatic amines is 1. The van der Waals surface area contributed by atoms with E-state index in [9.17, 15) is 9.59 Å². The number of nitrogens with one attached hydrogen (secondary N) is 2. The first-order chi connectivity index (χ1) is 11.5. The number of pyridine rings is 1. The number of hydrogen-bond acceptors (Lipinski definition) is 5. The fourth-order valence-corrected chi connectivity index (χ4v) is 2.89. The molecular weight excluding hydrogens is 306 g/mol. The second-order valence-corrected chi connectivity index (χ2v) is 6.13. The molecule has 2 aromatic heterocycles. The maximum atomic E-state index is 12.5. The molecule has 0 bridgehead atoms. The van der Waals surface area contributed by atoms with Gasteiger partial charge >= 0.3 is 0 Å². The van der Waals surface area contributed by atoms with Crippen molar-refractivity contribution in [2.24, 2.45) is 0 Å². The molecule has 126 valence electrons. The van der Waals surface area contributed by atoms with Crippen LogP contribution in [0, 0.1) is 13.8 Å². The number of piperidine rings is 1. The molecule has 0 radical (unpaired) electrons. The van der Waals surface area contributed by atoms with Crippen LogP contribution in [-0.4, -0.2) is 40.0 Å². The number of carbonyl (C=O) groups is 1. The fraction of sp³-hybridized carbons (Fsp3) is 0.412. The number of carbonyl (C=O) groups excluding carboxylic acids is 1. The Balaban J connectivity index is 1.71. The van der Waals surface area contributed by atoms with Crippen LogP contribution >= 0.6 is 0 Å². The van der Waals surface area contributed by atoms with Crippen LogP contribution in [0.4, 0.5) is 5.95 Å². The van der Waals surface area contributed by atoms with E-state index in [1.807, 2.05) is 13.8 Å². The zero-order chi connectivity index (χ0) is 17.1. The number of nitrogens with zero attached hydrogens (tertiary/aromatic N) is 3. The lowest BCUT2D eigenvalue weighted by molar-refractivity contribution is 0.0931. The van der Waals surface area contributed by atoms with Crippen LogP contribution in [0.25, 0.3) is 0 Å². The largest absolute Gasteiger partial charge is 0.347 e. The van der Waals surface area contributed by atoms with Crippen molar-refractivity contribution >= 4 is 11.9 Å². The predicted molar refractivity (Wildman–Crippen MR) is 91.3 cm³/mol. The van der Waals surface area contributed by atoms with Crippen molar-refractivity contribution in [1.82, 2.24) is 20.3 Å². The Labute approximate surface area is 140 Å². The molecule has 3 heterocycles. The highest BCUT2D eigenvalue weighted by Gasteiger charge is 2.24.